The summed E-state index contributed by atoms with van der Waals surface area (Å²) in [6.07, 6.45) is -0.508. The first-order valence-corrected chi connectivity index (χ1v) is 4.58. The van der Waals surface area contributed by atoms with Crippen molar-refractivity contribution in [2.75, 3.05) is 11.9 Å². The van der Waals surface area contributed by atoms with Gasteiger partial charge in [0.05, 0.1) is 12.2 Å². The van der Waals surface area contributed by atoms with Crippen molar-refractivity contribution in [3.63, 3.8) is 0 Å². The van der Waals surface area contributed by atoms with E-state index < -0.39 is 6.43 Å². The number of alkyl halides is 2. The highest BCUT2D eigenvalue weighted by Crippen LogP contribution is 2.15. The van der Waals surface area contributed by atoms with Crippen molar-refractivity contribution in [3.05, 3.63) is 11.9 Å². The van der Waals surface area contributed by atoms with E-state index in [0.29, 0.717) is 5.95 Å². The Morgan fingerprint density at radius 3 is 2.64 bits per heavy atom. The van der Waals surface area contributed by atoms with Crippen LogP contribution in [-0.2, 0) is 0 Å². The van der Waals surface area contributed by atoms with Crippen molar-refractivity contribution >= 4 is 5.95 Å². The van der Waals surface area contributed by atoms with E-state index >= 15 is 0 Å². The van der Waals surface area contributed by atoms with E-state index in [1.54, 1.807) is 0 Å². The molecular formula is C9H15F2N3. The molecule has 0 aliphatic heterocycles. The van der Waals surface area contributed by atoms with E-state index in [0.717, 1.165) is 5.69 Å². The molecule has 3 nitrogen and oxygen atoms in total. The van der Waals surface area contributed by atoms with Crippen LogP contribution in [0.1, 0.15) is 25.6 Å². The Balaban J connectivity index is 2.74. The molecule has 14 heavy (non-hydrogen) atoms. The summed E-state index contributed by atoms with van der Waals surface area (Å²) in [4.78, 5) is 4.12. The fourth-order valence-electron chi connectivity index (χ4n) is 1.21. The lowest BCUT2D eigenvalue weighted by Gasteiger charge is -2.12. The second-order valence-corrected chi connectivity index (χ2v) is 3.48. The highest BCUT2D eigenvalue weighted by atomic mass is 19.3. The second-order valence-electron chi connectivity index (χ2n) is 3.48. The van der Waals surface area contributed by atoms with Gasteiger partial charge in [-0.2, -0.15) is 0 Å². The summed E-state index contributed by atoms with van der Waals surface area (Å²) in [6.45, 7) is 5.44. The lowest BCUT2D eigenvalue weighted by atomic mass is 10.4. The van der Waals surface area contributed by atoms with Gasteiger partial charge in [-0.1, -0.05) is 0 Å². The van der Waals surface area contributed by atoms with Crippen LogP contribution in [0.2, 0.25) is 0 Å². The van der Waals surface area contributed by atoms with Gasteiger partial charge >= 0.3 is 0 Å². The van der Waals surface area contributed by atoms with Crippen LogP contribution in [0.4, 0.5) is 14.7 Å². The number of hydrogen-bond acceptors (Lipinski definition) is 2. The summed E-state index contributed by atoms with van der Waals surface area (Å²) >= 11 is 0. The molecule has 0 radical (unpaired) electrons. The highest BCUT2D eigenvalue weighted by Gasteiger charge is 2.09. The molecule has 0 aromatic carbocycles. The fraction of sp³-hybridized carbons (Fsp3) is 0.667. The van der Waals surface area contributed by atoms with Crippen LogP contribution in [0.5, 0.6) is 0 Å². The number of nitrogens with zero attached hydrogens (tertiary/aromatic N) is 2. The van der Waals surface area contributed by atoms with E-state index in [4.69, 9.17) is 0 Å². The molecule has 80 valence electrons. The average Bonchev–Trinajstić information content (AvgIpc) is 2.43. The van der Waals surface area contributed by atoms with Crippen LogP contribution in [-0.4, -0.2) is 22.5 Å². The maximum atomic E-state index is 12.0. The van der Waals surface area contributed by atoms with E-state index in [1.807, 2.05) is 31.5 Å². The summed E-state index contributed by atoms with van der Waals surface area (Å²) in [6, 6.07) is 0.219. The quantitative estimate of drug-likeness (QED) is 0.814. The molecule has 1 N–H and O–H groups in total. The number of aryl methyl sites for hydroxylation is 1. The van der Waals surface area contributed by atoms with Crippen molar-refractivity contribution in [3.8, 4) is 0 Å². The molecule has 5 heteroatoms. The molecule has 0 atom stereocenters. The Morgan fingerprint density at radius 2 is 2.14 bits per heavy atom. The number of hydrogen-bond donors (Lipinski definition) is 1. The normalized spacial score (nSPS) is 11.4. The van der Waals surface area contributed by atoms with Crippen molar-refractivity contribution in [1.82, 2.24) is 9.55 Å². The van der Waals surface area contributed by atoms with Gasteiger partial charge in [0.15, 0.2) is 0 Å². The third-order valence-electron chi connectivity index (χ3n) is 1.82. The summed E-state index contributed by atoms with van der Waals surface area (Å²) in [5, 5.41) is 2.62. The predicted molar refractivity (Wildman–Crippen MR) is 51.8 cm³/mol. The minimum absolute atomic E-state index is 0.219. The Kier molecular flexibility index (Phi) is 3.43. The Hall–Kier alpha value is -1.13. The SMILES string of the molecule is Cc1cn(C(C)C)c(NCC(F)F)n1. The topological polar surface area (TPSA) is 29.9 Å². The molecule has 0 spiro atoms. The molecule has 0 saturated heterocycles. The Bertz CT molecular complexity index is 294. The maximum Gasteiger partial charge on any atom is 0.255 e. The number of aromatic nitrogens is 2. The molecule has 1 aromatic rings. The van der Waals surface area contributed by atoms with Crippen molar-refractivity contribution in [1.29, 1.82) is 0 Å². The lowest BCUT2D eigenvalue weighted by Crippen LogP contribution is -2.15. The molecule has 0 aliphatic carbocycles. The fourth-order valence-corrected chi connectivity index (χ4v) is 1.21. The van der Waals surface area contributed by atoms with Gasteiger partial charge in [-0.15, -0.1) is 0 Å². The molecule has 1 rings (SSSR count). The molecular weight excluding hydrogens is 188 g/mol. The van der Waals surface area contributed by atoms with Crippen LogP contribution in [0, 0.1) is 6.92 Å². The third-order valence-corrected chi connectivity index (χ3v) is 1.82. The van der Waals surface area contributed by atoms with E-state index in [1.165, 1.54) is 0 Å². The van der Waals surface area contributed by atoms with Crippen molar-refractivity contribution < 1.29 is 8.78 Å². The summed E-state index contributed by atoms with van der Waals surface area (Å²) < 4.78 is 25.8. The van der Waals surface area contributed by atoms with E-state index in [9.17, 15) is 8.78 Å². The first kappa shape index (κ1) is 10.9. The van der Waals surface area contributed by atoms with Crippen molar-refractivity contribution in [2.45, 2.75) is 33.2 Å². The van der Waals surface area contributed by atoms with Crippen LogP contribution in [0.15, 0.2) is 6.20 Å². The van der Waals surface area contributed by atoms with Gasteiger partial charge in [0.1, 0.15) is 0 Å². The molecule has 0 aliphatic rings. The minimum atomic E-state index is -2.35. The molecule has 0 bridgehead atoms. The van der Waals surface area contributed by atoms with Crippen LogP contribution in [0.25, 0.3) is 0 Å². The second kappa shape index (κ2) is 4.39. The first-order chi connectivity index (χ1) is 6.50. The smallest absolute Gasteiger partial charge is 0.255 e. The largest absolute Gasteiger partial charge is 0.350 e. The van der Waals surface area contributed by atoms with Crippen LogP contribution < -0.4 is 5.32 Å². The van der Waals surface area contributed by atoms with Gasteiger partial charge in [-0.3, -0.25) is 0 Å². The van der Waals surface area contributed by atoms with E-state index in [2.05, 4.69) is 10.3 Å². The van der Waals surface area contributed by atoms with Crippen LogP contribution >= 0.6 is 0 Å². The van der Waals surface area contributed by atoms with Gasteiger partial charge < -0.3 is 9.88 Å². The average molecular weight is 203 g/mol. The molecule has 0 fully saturated rings. The molecule has 0 unspecified atom stereocenters. The molecule has 1 heterocycles. The zero-order valence-corrected chi connectivity index (χ0v) is 8.59. The Labute approximate surface area is 82.1 Å². The van der Waals surface area contributed by atoms with Gasteiger partial charge in [0, 0.05) is 12.2 Å². The number of rotatable bonds is 4. The van der Waals surface area contributed by atoms with E-state index in [-0.39, 0.29) is 12.6 Å². The minimum Gasteiger partial charge on any atom is -0.350 e. The van der Waals surface area contributed by atoms with Gasteiger partial charge in [0.2, 0.25) is 5.95 Å². The predicted octanol–water partition coefficient (Wildman–Crippen LogP) is 2.45. The number of halogens is 2. The number of nitrogens with one attached hydrogen (secondary N) is 1. The summed E-state index contributed by atoms with van der Waals surface area (Å²) in [5.74, 6) is 0.512. The maximum absolute atomic E-state index is 12.0. The standard InChI is InChI=1S/C9H15F2N3/c1-6(2)14-5-7(3)13-9(14)12-4-8(10)11/h5-6,8H,4H2,1-3H3,(H,12,13). The van der Waals surface area contributed by atoms with Gasteiger partial charge in [-0.25, -0.2) is 13.8 Å². The zero-order chi connectivity index (χ0) is 10.7. The summed E-state index contributed by atoms with van der Waals surface area (Å²) in [7, 11) is 0. The van der Waals surface area contributed by atoms with Crippen molar-refractivity contribution in [2.24, 2.45) is 0 Å². The lowest BCUT2D eigenvalue weighted by molar-refractivity contribution is 0.163. The monoisotopic (exact) mass is 203 g/mol. The van der Waals surface area contributed by atoms with Gasteiger partial charge in [0.25, 0.3) is 6.43 Å². The molecule has 0 amide bonds. The molecule has 1 aromatic heterocycles. The zero-order valence-electron chi connectivity index (χ0n) is 8.59. The first-order valence-electron chi connectivity index (χ1n) is 4.58. The van der Waals surface area contributed by atoms with Crippen LogP contribution in [0.3, 0.4) is 0 Å². The highest BCUT2D eigenvalue weighted by molar-refractivity contribution is 5.29. The Morgan fingerprint density at radius 1 is 1.50 bits per heavy atom. The van der Waals surface area contributed by atoms with Gasteiger partial charge in [-0.05, 0) is 20.8 Å². The number of anilines is 1. The summed E-state index contributed by atoms with van der Waals surface area (Å²) in [5.41, 5.74) is 0.829. The molecule has 0 saturated carbocycles. The number of imidazole rings is 1. The third kappa shape index (κ3) is 2.68.